The van der Waals surface area contributed by atoms with Crippen LogP contribution in [0.4, 0.5) is 10.5 Å². The Morgan fingerprint density at radius 3 is 2.38 bits per heavy atom. The van der Waals surface area contributed by atoms with Crippen molar-refractivity contribution in [3.8, 4) is 0 Å². The van der Waals surface area contributed by atoms with E-state index in [0.29, 0.717) is 29.4 Å². The number of rotatable bonds is 5. The number of carbonyl (C=O) groups excluding carboxylic acids is 2. The minimum Gasteiger partial charge on any atom is -0.444 e. The SMILES string of the molecule is CC(C)(C)OC(=O)NCCc1ccc(NC(=O)c2ccc(Cl)nc2)cc1. The molecule has 0 atom stereocenters. The number of pyridine rings is 1. The highest BCUT2D eigenvalue weighted by Crippen LogP contribution is 2.13. The van der Waals surface area contributed by atoms with Crippen molar-refractivity contribution in [2.45, 2.75) is 32.8 Å². The molecule has 0 fully saturated rings. The molecule has 26 heavy (non-hydrogen) atoms. The first-order valence-electron chi connectivity index (χ1n) is 8.22. The highest BCUT2D eigenvalue weighted by Gasteiger charge is 2.15. The minimum absolute atomic E-state index is 0.256. The van der Waals surface area contributed by atoms with Crippen LogP contribution in [0, 0.1) is 0 Å². The number of alkyl carbamates (subject to hydrolysis) is 1. The van der Waals surface area contributed by atoms with Gasteiger partial charge < -0.3 is 15.4 Å². The summed E-state index contributed by atoms with van der Waals surface area (Å²) in [5.74, 6) is -0.256. The van der Waals surface area contributed by atoms with Gasteiger partial charge in [0.1, 0.15) is 10.8 Å². The monoisotopic (exact) mass is 375 g/mol. The number of halogens is 1. The molecule has 0 spiro atoms. The first-order chi connectivity index (χ1) is 12.2. The predicted molar refractivity (Wildman–Crippen MR) is 102 cm³/mol. The van der Waals surface area contributed by atoms with Gasteiger partial charge in [0.15, 0.2) is 0 Å². The summed E-state index contributed by atoms with van der Waals surface area (Å²) >= 11 is 5.71. The molecular weight excluding hydrogens is 354 g/mol. The fourth-order valence-corrected chi connectivity index (χ4v) is 2.20. The molecule has 0 aliphatic carbocycles. The van der Waals surface area contributed by atoms with E-state index in [1.807, 2.05) is 45.0 Å². The Labute approximate surface area is 157 Å². The fraction of sp³-hybridized carbons (Fsp3) is 0.316. The average Bonchev–Trinajstić information content (AvgIpc) is 2.55. The Morgan fingerprint density at radius 2 is 1.81 bits per heavy atom. The van der Waals surface area contributed by atoms with Crippen LogP contribution in [0.1, 0.15) is 36.7 Å². The molecule has 7 heteroatoms. The summed E-state index contributed by atoms with van der Waals surface area (Å²) in [4.78, 5) is 27.6. The van der Waals surface area contributed by atoms with E-state index in [2.05, 4.69) is 15.6 Å². The number of hydrogen-bond donors (Lipinski definition) is 2. The highest BCUT2D eigenvalue weighted by molar-refractivity contribution is 6.29. The van der Waals surface area contributed by atoms with Crippen LogP contribution in [0.25, 0.3) is 0 Å². The third-order valence-corrected chi connectivity index (χ3v) is 3.51. The lowest BCUT2D eigenvalue weighted by atomic mass is 10.1. The van der Waals surface area contributed by atoms with Crippen LogP contribution >= 0.6 is 11.6 Å². The maximum Gasteiger partial charge on any atom is 0.407 e. The molecule has 0 bridgehead atoms. The molecule has 1 aromatic carbocycles. The molecule has 2 rings (SSSR count). The predicted octanol–water partition coefficient (Wildman–Crippen LogP) is 4.05. The number of hydrogen-bond acceptors (Lipinski definition) is 4. The van der Waals surface area contributed by atoms with Gasteiger partial charge in [0.25, 0.3) is 5.91 Å². The van der Waals surface area contributed by atoms with Crippen molar-refractivity contribution in [3.05, 3.63) is 58.9 Å². The van der Waals surface area contributed by atoms with Crippen molar-refractivity contribution in [2.24, 2.45) is 0 Å². The molecule has 2 aromatic rings. The van der Waals surface area contributed by atoms with E-state index in [-0.39, 0.29) is 5.91 Å². The third-order valence-electron chi connectivity index (χ3n) is 3.28. The van der Waals surface area contributed by atoms with Crippen LogP contribution in [0.15, 0.2) is 42.6 Å². The van der Waals surface area contributed by atoms with Gasteiger partial charge in [0, 0.05) is 18.4 Å². The first kappa shape index (κ1) is 19.7. The molecule has 0 saturated heterocycles. The van der Waals surface area contributed by atoms with E-state index < -0.39 is 11.7 Å². The quantitative estimate of drug-likeness (QED) is 0.772. The fourth-order valence-electron chi connectivity index (χ4n) is 2.09. The lowest BCUT2D eigenvalue weighted by Gasteiger charge is -2.19. The highest BCUT2D eigenvalue weighted by atomic mass is 35.5. The molecule has 1 aromatic heterocycles. The molecule has 0 unspecified atom stereocenters. The summed E-state index contributed by atoms with van der Waals surface area (Å²) in [6.45, 7) is 5.93. The molecular formula is C19H22ClN3O3. The van der Waals surface area contributed by atoms with Gasteiger partial charge >= 0.3 is 6.09 Å². The van der Waals surface area contributed by atoms with Crippen molar-refractivity contribution in [1.29, 1.82) is 0 Å². The molecule has 0 aliphatic rings. The summed E-state index contributed by atoms with van der Waals surface area (Å²) in [6, 6.07) is 10.6. The van der Waals surface area contributed by atoms with E-state index in [0.717, 1.165) is 5.56 Å². The number of carbonyl (C=O) groups is 2. The van der Waals surface area contributed by atoms with Gasteiger partial charge in [-0.3, -0.25) is 4.79 Å². The average molecular weight is 376 g/mol. The Hall–Kier alpha value is -2.60. The van der Waals surface area contributed by atoms with E-state index in [1.54, 1.807) is 12.1 Å². The van der Waals surface area contributed by atoms with E-state index in [4.69, 9.17) is 16.3 Å². The Kier molecular flexibility index (Phi) is 6.58. The number of benzene rings is 1. The second-order valence-electron chi connectivity index (χ2n) is 6.70. The Bertz CT molecular complexity index is 753. The largest absolute Gasteiger partial charge is 0.444 e. The lowest BCUT2D eigenvalue weighted by molar-refractivity contribution is 0.0528. The van der Waals surface area contributed by atoms with Crippen LogP contribution in [-0.4, -0.2) is 29.1 Å². The molecule has 6 nitrogen and oxygen atoms in total. The van der Waals surface area contributed by atoms with Gasteiger partial charge in [-0.25, -0.2) is 9.78 Å². The van der Waals surface area contributed by atoms with Crippen LogP contribution in [-0.2, 0) is 11.2 Å². The normalized spacial score (nSPS) is 10.9. The maximum absolute atomic E-state index is 12.1. The van der Waals surface area contributed by atoms with Gasteiger partial charge in [-0.2, -0.15) is 0 Å². The zero-order chi connectivity index (χ0) is 19.2. The van der Waals surface area contributed by atoms with E-state index in [1.165, 1.54) is 6.20 Å². The molecule has 0 aliphatic heterocycles. The number of nitrogens with one attached hydrogen (secondary N) is 2. The van der Waals surface area contributed by atoms with Crippen molar-refractivity contribution in [1.82, 2.24) is 10.3 Å². The maximum atomic E-state index is 12.1. The molecule has 0 radical (unpaired) electrons. The summed E-state index contributed by atoms with van der Waals surface area (Å²) in [7, 11) is 0. The molecule has 138 valence electrons. The smallest absolute Gasteiger partial charge is 0.407 e. The topological polar surface area (TPSA) is 80.3 Å². The van der Waals surface area contributed by atoms with Gasteiger partial charge in [0.2, 0.25) is 0 Å². The number of nitrogens with zero attached hydrogens (tertiary/aromatic N) is 1. The van der Waals surface area contributed by atoms with E-state index in [9.17, 15) is 9.59 Å². The number of aromatic nitrogens is 1. The van der Waals surface area contributed by atoms with Gasteiger partial charge in [0.05, 0.1) is 5.56 Å². The minimum atomic E-state index is -0.510. The van der Waals surface area contributed by atoms with Crippen LogP contribution < -0.4 is 10.6 Å². The number of anilines is 1. The van der Waals surface area contributed by atoms with Gasteiger partial charge in [-0.05, 0) is 57.0 Å². The lowest BCUT2D eigenvalue weighted by Crippen LogP contribution is -2.33. The standard InChI is InChI=1S/C19H22ClN3O3/c1-19(2,3)26-18(25)21-11-10-13-4-7-15(8-5-13)23-17(24)14-6-9-16(20)22-12-14/h4-9,12H,10-11H2,1-3H3,(H,21,25)(H,23,24). The first-order valence-corrected chi connectivity index (χ1v) is 8.59. The van der Waals surface area contributed by atoms with Crippen molar-refractivity contribution in [2.75, 3.05) is 11.9 Å². The Balaban J connectivity index is 1.81. The van der Waals surface area contributed by atoms with Crippen molar-refractivity contribution >= 4 is 29.3 Å². The molecule has 2 amide bonds. The molecule has 2 N–H and O–H groups in total. The van der Waals surface area contributed by atoms with Crippen molar-refractivity contribution < 1.29 is 14.3 Å². The number of amides is 2. The summed E-state index contributed by atoms with van der Waals surface area (Å²) in [5, 5.41) is 5.84. The molecule has 1 heterocycles. The summed E-state index contributed by atoms with van der Waals surface area (Å²) in [5.41, 5.74) is 1.63. The van der Waals surface area contributed by atoms with Crippen molar-refractivity contribution in [3.63, 3.8) is 0 Å². The summed E-state index contributed by atoms with van der Waals surface area (Å²) in [6.07, 6.45) is 1.65. The van der Waals surface area contributed by atoms with Crippen LogP contribution in [0.3, 0.4) is 0 Å². The second kappa shape index (κ2) is 8.67. The van der Waals surface area contributed by atoms with E-state index >= 15 is 0 Å². The molecule has 0 saturated carbocycles. The zero-order valence-corrected chi connectivity index (χ0v) is 15.8. The Morgan fingerprint density at radius 1 is 1.12 bits per heavy atom. The van der Waals surface area contributed by atoms with Crippen LogP contribution in [0.2, 0.25) is 5.15 Å². The van der Waals surface area contributed by atoms with Gasteiger partial charge in [-0.1, -0.05) is 23.7 Å². The number of ether oxygens (including phenoxy) is 1. The second-order valence-corrected chi connectivity index (χ2v) is 7.09. The third kappa shape index (κ3) is 6.72. The van der Waals surface area contributed by atoms with Crippen LogP contribution in [0.5, 0.6) is 0 Å². The van der Waals surface area contributed by atoms with Gasteiger partial charge in [-0.15, -0.1) is 0 Å². The zero-order valence-electron chi connectivity index (χ0n) is 15.0. The summed E-state index contributed by atoms with van der Waals surface area (Å²) < 4.78 is 5.18.